The van der Waals surface area contributed by atoms with E-state index in [1.165, 1.54) is 0 Å². The Labute approximate surface area is 117 Å². The Morgan fingerprint density at radius 2 is 1.88 bits per heavy atom. The molecule has 0 radical (unpaired) electrons. The Kier molecular flexibility index (Phi) is 5.80. The quantitative estimate of drug-likeness (QED) is 0.586. The predicted octanol–water partition coefficient (Wildman–Crippen LogP) is -2.04. The molecule has 0 aromatic heterocycles. The summed E-state index contributed by atoms with van der Waals surface area (Å²) in [6, 6.07) is 2.78. The van der Waals surface area contributed by atoms with E-state index in [1.807, 2.05) is 0 Å². The first-order valence-corrected chi connectivity index (χ1v) is 3.98. The van der Waals surface area contributed by atoms with E-state index in [0.29, 0.717) is 6.07 Å². The molecule has 0 fully saturated rings. The van der Waals surface area contributed by atoms with Crippen molar-refractivity contribution < 1.29 is 62.1 Å². The van der Waals surface area contributed by atoms with Gasteiger partial charge in [-0.2, -0.15) is 0 Å². The van der Waals surface area contributed by atoms with E-state index in [9.17, 15) is 23.1 Å². The van der Waals surface area contributed by atoms with Gasteiger partial charge in [-0.25, -0.2) is 0 Å². The smallest absolute Gasteiger partial charge is 0.545 e. The fourth-order valence-corrected chi connectivity index (χ4v) is 1.01. The molecule has 0 heterocycles. The van der Waals surface area contributed by atoms with Crippen molar-refractivity contribution in [2.75, 3.05) is 7.11 Å². The second kappa shape index (κ2) is 6.13. The van der Waals surface area contributed by atoms with Crippen LogP contribution in [0.4, 0.5) is 13.2 Å². The summed E-state index contributed by atoms with van der Waals surface area (Å²) in [5.74, 6) is -2.55. The molecule has 0 bridgehead atoms. The molecule has 8 heteroatoms. The summed E-state index contributed by atoms with van der Waals surface area (Å²) in [7, 11) is 1.14. The van der Waals surface area contributed by atoms with Gasteiger partial charge < -0.3 is 19.4 Å². The van der Waals surface area contributed by atoms with Gasteiger partial charge in [-0.3, -0.25) is 0 Å². The summed E-state index contributed by atoms with van der Waals surface area (Å²) in [4.78, 5) is 10.4. The van der Waals surface area contributed by atoms with E-state index in [1.54, 1.807) is 0 Å². The van der Waals surface area contributed by atoms with Crippen LogP contribution in [0.25, 0.3) is 0 Å². The Hall–Kier alpha value is -0.920. The van der Waals surface area contributed by atoms with E-state index >= 15 is 0 Å². The number of hydrogen-bond donors (Lipinski definition) is 0. The molecule has 0 atom stereocenters. The molecule has 0 amide bonds. The SMILES string of the molecule is COc1ccc(C(=O)[O-])cc1OC(F)(F)F.[Na+]. The minimum absolute atomic E-state index is 0. The number of carboxylic acid groups (broad SMARTS) is 1. The first kappa shape index (κ1) is 16.1. The molecular formula is C9H6F3NaO4. The van der Waals surface area contributed by atoms with Crippen LogP contribution in [0.2, 0.25) is 0 Å². The number of alkyl halides is 3. The summed E-state index contributed by atoms with van der Waals surface area (Å²) in [5.41, 5.74) is -0.431. The minimum Gasteiger partial charge on any atom is -0.545 e. The Bertz CT molecular complexity index is 406. The van der Waals surface area contributed by atoms with Crippen LogP contribution in [0, 0.1) is 0 Å². The van der Waals surface area contributed by atoms with Gasteiger partial charge in [-0.05, 0) is 18.2 Å². The molecule has 1 aromatic rings. The van der Waals surface area contributed by atoms with Crippen LogP contribution in [0.15, 0.2) is 18.2 Å². The van der Waals surface area contributed by atoms with Crippen LogP contribution in [-0.2, 0) is 0 Å². The largest absolute Gasteiger partial charge is 1.00 e. The number of hydrogen-bond acceptors (Lipinski definition) is 4. The zero-order valence-corrected chi connectivity index (χ0v) is 11.0. The van der Waals surface area contributed by atoms with Crippen molar-refractivity contribution in [2.45, 2.75) is 6.36 Å². The molecule has 0 aliphatic heterocycles. The number of aromatic carboxylic acids is 1. The maximum atomic E-state index is 11.9. The van der Waals surface area contributed by atoms with Crippen molar-refractivity contribution in [3.8, 4) is 11.5 Å². The van der Waals surface area contributed by atoms with E-state index in [-0.39, 0.29) is 35.3 Å². The first-order chi connectivity index (χ1) is 7.33. The van der Waals surface area contributed by atoms with Crippen molar-refractivity contribution in [3.05, 3.63) is 23.8 Å². The number of ether oxygens (including phenoxy) is 2. The van der Waals surface area contributed by atoms with Crippen LogP contribution in [0.5, 0.6) is 11.5 Å². The van der Waals surface area contributed by atoms with Gasteiger partial charge in [0.25, 0.3) is 0 Å². The third-order valence-corrected chi connectivity index (χ3v) is 1.63. The maximum Gasteiger partial charge on any atom is 1.00 e. The zero-order chi connectivity index (χ0) is 12.3. The standard InChI is InChI=1S/C9H7F3O4.Na/c1-15-6-3-2-5(8(13)14)4-7(6)16-9(10,11)12;/h2-4H,1H3,(H,13,14);/q;+1/p-1. The average molecular weight is 258 g/mol. The predicted molar refractivity (Wildman–Crippen MR) is 44.0 cm³/mol. The van der Waals surface area contributed by atoms with Crippen molar-refractivity contribution in [3.63, 3.8) is 0 Å². The fourth-order valence-electron chi connectivity index (χ4n) is 1.01. The number of carboxylic acids is 1. The van der Waals surface area contributed by atoms with Gasteiger partial charge in [0, 0.05) is 5.56 Å². The fraction of sp³-hybridized carbons (Fsp3) is 0.222. The number of methoxy groups -OCH3 is 1. The van der Waals surface area contributed by atoms with Gasteiger partial charge >= 0.3 is 35.9 Å². The molecule has 0 saturated heterocycles. The van der Waals surface area contributed by atoms with Crippen molar-refractivity contribution in [1.29, 1.82) is 0 Å². The van der Waals surface area contributed by atoms with Crippen LogP contribution in [-0.4, -0.2) is 19.4 Å². The zero-order valence-electron chi connectivity index (χ0n) is 9.00. The Morgan fingerprint density at radius 3 is 2.29 bits per heavy atom. The van der Waals surface area contributed by atoms with Crippen molar-refractivity contribution >= 4 is 5.97 Å². The van der Waals surface area contributed by atoms with Gasteiger partial charge in [0.05, 0.1) is 13.1 Å². The molecule has 0 aliphatic carbocycles. The summed E-state index contributed by atoms with van der Waals surface area (Å²) in [6.07, 6.45) is -4.92. The van der Waals surface area contributed by atoms with Gasteiger partial charge in [-0.1, -0.05) is 0 Å². The molecule has 0 N–H and O–H groups in total. The first-order valence-electron chi connectivity index (χ1n) is 3.98. The number of carbonyl (C=O) groups excluding carboxylic acids is 1. The molecule has 88 valence electrons. The molecule has 0 spiro atoms. The summed E-state index contributed by atoms with van der Waals surface area (Å²) >= 11 is 0. The number of rotatable bonds is 3. The topological polar surface area (TPSA) is 58.6 Å². The molecule has 0 aliphatic rings. The third-order valence-electron chi connectivity index (χ3n) is 1.63. The van der Waals surface area contributed by atoms with Crippen LogP contribution in [0.1, 0.15) is 10.4 Å². The van der Waals surface area contributed by atoms with E-state index in [2.05, 4.69) is 9.47 Å². The average Bonchev–Trinajstić information content (AvgIpc) is 2.15. The minimum atomic E-state index is -4.92. The van der Waals surface area contributed by atoms with Crippen LogP contribution in [0.3, 0.4) is 0 Å². The molecule has 0 saturated carbocycles. The second-order valence-electron chi connectivity index (χ2n) is 2.70. The molecular weight excluding hydrogens is 252 g/mol. The van der Waals surface area contributed by atoms with Crippen molar-refractivity contribution in [2.24, 2.45) is 0 Å². The summed E-state index contributed by atoms with van der Waals surface area (Å²) in [5, 5.41) is 10.4. The molecule has 17 heavy (non-hydrogen) atoms. The number of halogens is 3. The van der Waals surface area contributed by atoms with E-state index < -0.39 is 23.6 Å². The number of benzene rings is 1. The monoisotopic (exact) mass is 258 g/mol. The second-order valence-corrected chi connectivity index (χ2v) is 2.70. The van der Waals surface area contributed by atoms with Crippen LogP contribution >= 0.6 is 0 Å². The van der Waals surface area contributed by atoms with Crippen molar-refractivity contribution in [1.82, 2.24) is 0 Å². The van der Waals surface area contributed by atoms with E-state index in [0.717, 1.165) is 19.2 Å². The van der Waals surface area contributed by atoms with Gasteiger partial charge in [0.15, 0.2) is 11.5 Å². The molecule has 0 unspecified atom stereocenters. The summed E-state index contributed by atoms with van der Waals surface area (Å²) < 4.78 is 44.0. The normalized spacial score (nSPS) is 10.4. The summed E-state index contributed by atoms with van der Waals surface area (Å²) in [6.45, 7) is 0. The molecule has 4 nitrogen and oxygen atoms in total. The molecule has 1 aromatic carbocycles. The third kappa shape index (κ3) is 4.84. The Balaban J connectivity index is 0.00000256. The number of carbonyl (C=O) groups is 1. The van der Waals surface area contributed by atoms with E-state index in [4.69, 9.17) is 0 Å². The molecule has 1 rings (SSSR count). The van der Waals surface area contributed by atoms with Crippen LogP contribution < -0.4 is 44.1 Å². The van der Waals surface area contributed by atoms with Gasteiger partial charge in [-0.15, -0.1) is 13.2 Å². The van der Waals surface area contributed by atoms with Gasteiger partial charge in [0.2, 0.25) is 0 Å². The maximum absolute atomic E-state index is 11.9. The Morgan fingerprint density at radius 1 is 1.29 bits per heavy atom. The van der Waals surface area contributed by atoms with Gasteiger partial charge in [0.1, 0.15) is 0 Å².